The summed E-state index contributed by atoms with van der Waals surface area (Å²) in [6.45, 7) is -0.0437. The van der Waals surface area contributed by atoms with Crippen LogP contribution in [0.25, 0.3) is 0 Å². The highest BCUT2D eigenvalue weighted by Crippen LogP contribution is 2.36. The van der Waals surface area contributed by atoms with Gasteiger partial charge in [0, 0.05) is 5.92 Å². The van der Waals surface area contributed by atoms with E-state index in [2.05, 4.69) is 4.98 Å². The van der Waals surface area contributed by atoms with Crippen molar-refractivity contribution in [2.75, 3.05) is 14.2 Å². The maximum Gasteiger partial charge on any atom is 0.331 e. The Kier molecular flexibility index (Phi) is 6.89. The fourth-order valence-electron chi connectivity index (χ4n) is 3.58. The molecule has 0 saturated carbocycles. The fraction of sp³-hybridized carbons (Fsp3) is 0.217. The number of carbonyl (C=O) groups is 2. The molecule has 1 unspecified atom stereocenters. The van der Waals surface area contributed by atoms with Gasteiger partial charge in [0.1, 0.15) is 0 Å². The molecule has 166 valence electrons. The van der Waals surface area contributed by atoms with Crippen molar-refractivity contribution in [3.63, 3.8) is 0 Å². The Hall–Kier alpha value is -4.14. The molecule has 0 aliphatic rings. The van der Waals surface area contributed by atoms with Gasteiger partial charge in [-0.1, -0.05) is 60.7 Å². The fourth-order valence-corrected chi connectivity index (χ4v) is 3.58. The number of aromatic hydroxyl groups is 1. The van der Waals surface area contributed by atoms with Crippen LogP contribution in [0.2, 0.25) is 0 Å². The number of hydrogen-bond acceptors (Lipinski definition) is 7. The third-order valence-electron chi connectivity index (χ3n) is 5.10. The molecule has 0 amide bonds. The van der Waals surface area contributed by atoms with Crippen LogP contribution < -0.4 is 11.2 Å². The minimum atomic E-state index is -1.60. The number of aromatic amines is 1. The summed E-state index contributed by atoms with van der Waals surface area (Å²) in [6.07, 6.45) is 0. The van der Waals surface area contributed by atoms with E-state index >= 15 is 0 Å². The van der Waals surface area contributed by atoms with E-state index in [0.29, 0.717) is 11.1 Å². The summed E-state index contributed by atoms with van der Waals surface area (Å²) in [5.74, 6) is -5.44. The van der Waals surface area contributed by atoms with Crippen molar-refractivity contribution in [1.82, 2.24) is 9.55 Å². The van der Waals surface area contributed by atoms with Crippen LogP contribution in [0.15, 0.2) is 70.3 Å². The van der Waals surface area contributed by atoms with Crippen molar-refractivity contribution in [2.24, 2.45) is 5.92 Å². The predicted molar refractivity (Wildman–Crippen MR) is 114 cm³/mol. The van der Waals surface area contributed by atoms with Crippen LogP contribution in [0.4, 0.5) is 0 Å². The topological polar surface area (TPSA) is 128 Å². The molecule has 1 atom stereocenters. The Balaban J connectivity index is 2.28. The summed E-state index contributed by atoms with van der Waals surface area (Å²) in [7, 11) is 2.20. The zero-order valence-corrected chi connectivity index (χ0v) is 17.5. The number of rotatable bonds is 7. The molecule has 2 N–H and O–H groups in total. The van der Waals surface area contributed by atoms with E-state index in [9.17, 15) is 24.3 Å². The molecule has 9 heteroatoms. The number of nitrogens with one attached hydrogen (secondary N) is 1. The standard InChI is InChI=1S/C23H22N2O7/c1-31-21(28)18(22(29)32-2)16(15-11-7-4-8-12-15)17-19(26)24-23(30)25(20(17)27)13-14-9-5-3-6-10-14/h3-12,16,18,27H,13H2,1-2H3,(H,24,26,30). The molecule has 9 nitrogen and oxygen atoms in total. The summed E-state index contributed by atoms with van der Waals surface area (Å²) >= 11 is 0. The van der Waals surface area contributed by atoms with Gasteiger partial charge in [-0.3, -0.25) is 23.9 Å². The Morgan fingerprint density at radius 3 is 2.00 bits per heavy atom. The molecule has 3 rings (SSSR count). The first kappa shape index (κ1) is 22.5. The quantitative estimate of drug-likeness (QED) is 0.421. The largest absolute Gasteiger partial charge is 0.494 e. The molecular formula is C23H22N2O7. The average Bonchev–Trinajstić information content (AvgIpc) is 2.81. The van der Waals surface area contributed by atoms with E-state index in [1.807, 2.05) is 0 Å². The number of nitrogens with zero attached hydrogens (tertiary/aromatic N) is 1. The lowest BCUT2D eigenvalue weighted by molar-refractivity contribution is -0.159. The number of aromatic nitrogens is 2. The summed E-state index contributed by atoms with van der Waals surface area (Å²) in [6, 6.07) is 17.0. The van der Waals surface area contributed by atoms with Crippen molar-refractivity contribution in [1.29, 1.82) is 0 Å². The van der Waals surface area contributed by atoms with E-state index in [1.165, 1.54) is 0 Å². The van der Waals surface area contributed by atoms with E-state index < -0.39 is 40.9 Å². The maximum atomic E-state index is 12.9. The Morgan fingerprint density at radius 1 is 0.938 bits per heavy atom. The Labute approximate surface area is 182 Å². The molecule has 0 aliphatic heterocycles. The highest BCUT2D eigenvalue weighted by Gasteiger charge is 2.42. The summed E-state index contributed by atoms with van der Waals surface area (Å²) in [4.78, 5) is 52.7. The van der Waals surface area contributed by atoms with Gasteiger partial charge in [0.25, 0.3) is 5.56 Å². The number of ether oxygens (including phenoxy) is 2. The summed E-state index contributed by atoms with van der Waals surface area (Å²) < 4.78 is 10.5. The van der Waals surface area contributed by atoms with Gasteiger partial charge < -0.3 is 14.6 Å². The van der Waals surface area contributed by atoms with Crippen molar-refractivity contribution in [3.8, 4) is 5.88 Å². The van der Waals surface area contributed by atoms with Gasteiger partial charge in [-0.05, 0) is 11.1 Å². The third kappa shape index (κ3) is 4.46. The van der Waals surface area contributed by atoms with Crippen LogP contribution in [0.5, 0.6) is 5.88 Å². The number of methoxy groups -OCH3 is 2. The lowest BCUT2D eigenvalue weighted by atomic mass is 9.81. The second kappa shape index (κ2) is 9.78. The average molecular weight is 438 g/mol. The lowest BCUT2D eigenvalue weighted by Crippen LogP contribution is -2.39. The molecule has 3 aromatic rings. The molecule has 0 aliphatic carbocycles. The summed E-state index contributed by atoms with van der Waals surface area (Å²) in [5, 5.41) is 11.0. The Morgan fingerprint density at radius 2 is 1.47 bits per heavy atom. The van der Waals surface area contributed by atoms with E-state index in [-0.39, 0.29) is 12.1 Å². The zero-order chi connectivity index (χ0) is 23.3. The van der Waals surface area contributed by atoms with Gasteiger partial charge in [-0.15, -0.1) is 0 Å². The SMILES string of the molecule is COC(=O)C(C(=O)OC)C(c1ccccc1)c1c(O)n(Cc2ccccc2)c(=O)[nH]c1=O. The molecule has 1 aromatic heterocycles. The Bertz CT molecular complexity index is 1200. The smallest absolute Gasteiger partial charge is 0.331 e. The number of esters is 2. The maximum absolute atomic E-state index is 12.9. The van der Waals surface area contributed by atoms with Crippen LogP contribution in [0.3, 0.4) is 0 Å². The van der Waals surface area contributed by atoms with Crippen molar-refractivity contribution >= 4 is 11.9 Å². The van der Waals surface area contributed by atoms with Gasteiger partial charge in [-0.2, -0.15) is 0 Å². The van der Waals surface area contributed by atoms with Gasteiger partial charge in [0.2, 0.25) is 5.88 Å². The highest BCUT2D eigenvalue weighted by atomic mass is 16.5. The van der Waals surface area contributed by atoms with Crippen LogP contribution in [-0.2, 0) is 25.6 Å². The second-order valence-corrected chi connectivity index (χ2v) is 6.98. The van der Waals surface area contributed by atoms with Crippen LogP contribution >= 0.6 is 0 Å². The highest BCUT2D eigenvalue weighted by molar-refractivity contribution is 5.96. The van der Waals surface area contributed by atoms with Gasteiger partial charge in [-0.25, -0.2) is 4.79 Å². The molecular weight excluding hydrogens is 416 g/mol. The molecule has 0 fully saturated rings. The van der Waals surface area contributed by atoms with Crippen LogP contribution in [0.1, 0.15) is 22.6 Å². The van der Waals surface area contributed by atoms with E-state index in [0.717, 1.165) is 18.8 Å². The third-order valence-corrected chi connectivity index (χ3v) is 5.10. The van der Waals surface area contributed by atoms with E-state index in [4.69, 9.17) is 9.47 Å². The van der Waals surface area contributed by atoms with Crippen molar-refractivity contribution in [2.45, 2.75) is 12.5 Å². The van der Waals surface area contributed by atoms with Gasteiger partial charge >= 0.3 is 17.6 Å². The molecule has 0 saturated heterocycles. The first-order chi connectivity index (χ1) is 15.4. The molecule has 32 heavy (non-hydrogen) atoms. The number of H-pyrrole nitrogens is 1. The van der Waals surface area contributed by atoms with Crippen molar-refractivity contribution < 1.29 is 24.2 Å². The van der Waals surface area contributed by atoms with Crippen molar-refractivity contribution in [3.05, 3.63) is 98.2 Å². The van der Waals surface area contributed by atoms with E-state index in [1.54, 1.807) is 60.7 Å². The number of hydrogen-bond donors (Lipinski definition) is 2. The number of carbonyl (C=O) groups excluding carboxylic acids is 2. The monoisotopic (exact) mass is 438 g/mol. The number of benzene rings is 2. The normalized spacial score (nSPS) is 11.7. The predicted octanol–water partition coefficient (Wildman–Crippen LogP) is 1.38. The molecule has 1 heterocycles. The first-order valence-electron chi connectivity index (χ1n) is 9.69. The minimum Gasteiger partial charge on any atom is -0.494 e. The second-order valence-electron chi connectivity index (χ2n) is 6.98. The molecule has 0 spiro atoms. The summed E-state index contributed by atoms with van der Waals surface area (Å²) in [5.41, 5.74) is -1.02. The van der Waals surface area contributed by atoms with Gasteiger partial charge in [0.15, 0.2) is 5.92 Å². The van der Waals surface area contributed by atoms with Crippen LogP contribution in [0, 0.1) is 5.92 Å². The zero-order valence-electron chi connectivity index (χ0n) is 17.5. The minimum absolute atomic E-state index is 0.0437. The lowest BCUT2D eigenvalue weighted by Gasteiger charge is -2.25. The van der Waals surface area contributed by atoms with Crippen LogP contribution in [-0.4, -0.2) is 40.8 Å². The first-order valence-corrected chi connectivity index (χ1v) is 9.69. The molecule has 0 bridgehead atoms. The molecule has 2 aromatic carbocycles. The molecule has 0 radical (unpaired) electrons. The van der Waals surface area contributed by atoms with Gasteiger partial charge in [0.05, 0.1) is 26.3 Å².